The Kier molecular flexibility index (Phi) is 3.46. The van der Waals surface area contributed by atoms with Crippen LogP contribution in [0, 0.1) is 23.1 Å². The number of hydrogen-bond acceptors (Lipinski definition) is 2. The van der Waals surface area contributed by atoms with E-state index in [2.05, 4.69) is 5.32 Å². The van der Waals surface area contributed by atoms with Crippen LogP contribution in [0.3, 0.4) is 0 Å². The smallest absolute Gasteiger partial charge is 0.248 e. The van der Waals surface area contributed by atoms with Crippen molar-refractivity contribution in [2.24, 2.45) is 5.92 Å². The molecule has 1 atom stereocenters. The number of rotatable bonds is 3. The average Bonchev–Trinajstić information content (AvgIpc) is 2.68. The molecule has 0 heterocycles. The second-order valence-corrected chi connectivity index (χ2v) is 4.65. The summed E-state index contributed by atoms with van der Waals surface area (Å²) in [5.41, 5.74) is 0.542. The zero-order valence-electron chi connectivity index (χ0n) is 9.72. The minimum atomic E-state index is -2.55. The van der Waals surface area contributed by atoms with Gasteiger partial charge in [-0.25, -0.2) is 13.2 Å². The first-order valence-electron chi connectivity index (χ1n) is 5.81. The van der Waals surface area contributed by atoms with Crippen LogP contribution in [0.2, 0.25) is 0 Å². The summed E-state index contributed by atoms with van der Waals surface area (Å²) in [6.45, 7) is 0.423. The molecule has 18 heavy (non-hydrogen) atoms. The highest BCUT2D eigenvalue weighted by Gasteiger charge is 2.38. The van der Waals surface area contributed by atoms with Crippen molar-refractivity contribution in [3.63, 3.8) is 0 Å². The van der Waals surface area contributed by atoms with E-state index >= 15 is 0 Å². The number of hydrogen-bond donors (Lipinski definition) is 1. The van der Waals surface area contributed by atoms with Crippen molar-refractivity contribution in [3.05, 3.63) is 29.6 Å². The first-order chi connectivity index (χ1) is 8.50. The van der Waals surface area contributed by atoms with Gasteiger partial charge in [-0.2, -0.15) is 5.26 Å². The molecule has 0 aliphatic heterocycles. The van der Waals surface area contributed by atoms with Gasteiger partial charge in [-0.3, -0.25) is 0 Å². The van der Waals surface area contributed by atoms with Gasteiger partial charge in [-0.15, -0.1) is 0 Å². The van der Waals surface area contributed by atoms with E-state index < -0.39 is 11.7 Å². The van der Waals surface area contributed by atoms with Gasteiger partial charge in [0.2, 0.25) is 5.92 Å². The quantitative estimate of drug-likeness (QED) is 0.895. The molecular formula is C13H13F3N2. The third-order valence-corrected chi connectivity index (χ3v) is 3.19. The monoisotopic (exact) mass is 254 g/mol. The molecule has 1 aromatic rings. The summed E-state index contributed by atoms with van der Waals surface area (Å²) in [6, 6.07) is 5.83. The van der Waals surface area contributed by atoms with Crippen LogP contribution in [0.4, 0.5) is 18.9 Å². The summed E-state index contributed by atoms with van der Waals surface area (Å²) in [6.07, 6.45) is 0.324. The molecule has 0 saturated heterocycles. The zero-order valence-corrected chi connectivity index (χ0v) is 9.72. The number of nitrogens with one attached hydrogen (secondary N) is 1. The lowest BCUT2D eigenvalue weighted by Gasteiger charge is -2.13. The molecule has 1 fully saturated rings. The summed E-state index contributed by atoms with van der Waals surface area (Å²) < 4.78 is 39.0. The van der Waals surface area contributed by atoms with Crippen LogP contribution < -0.4 is 5.32 Å². The maximum atomic E-state index is 13.1. The molecule has 5 heteroatoms. The summed E-state index contributed by atoms with van der Waals surface area (Å²) in [7, 11) is 0. The van der Waals surface area contributed by atoms with Crippen LogP contribution >= 0.6 is 0 Å². The lowest BCUT2D eigenvalue weighted by Crippen LogP contribution is -2.15. The summed E-state index contributed by atoms with van der Waals surface area (Å²) in [4.78, 5) is 0. The number of anilines is 1. The van der Waals surface area contributed by atoms with Gasteiger partial charge in [-0.1, -0.05) is 0 Å². The molecular weight excluding hydrogens is 241 g/mol. The highest BCUT2D eigenvalue weighted by atomic mass is 19.3. The third-order valence-electron chi connectivity index (χ3n) is 3.19. The van der Waals surface area contributed by atoms with Crippen molar-refractivity contribution in [2.75, 3.05) is 11.9 Å². The second kappa shape index (κ2) is 4.89. The minimum absolute atomic E-state index is 0.0447. The van der Waals surface area contributed by atoms with Crippen LogP contribution in [-0.4, -0.2) is 12.5 Å². The maximum absolute atomic E-state index is 13.1. The van der Waals surface area contributed by atoms with E-state index in [0.717, 1.165) is 0 Å². The van der Waals surface area contributed by atoms with E-state index in [1.54, 1.807) is 6.07 Å². The molecule has 96 valence electrons. The molecule has 1 aliphatic carbocycles. The standard InChI is InChI=1S/C13H13F3N2/c14-12-2-1-11(5-10(12)7-17)18-8-9-3-4-13(15,16)6-9/h1-2,5,9,18H,3-4,6,8H2. The van der Waals surface area contributed by atoms with Gasteiger partial charge in [0.15, 0.2) is 0 Å². The predicted octanol–water partition coefficient (Wildman–Crippen LogP) is 3.54. The van der Waals surface area contributed by atoms with E-state index in [4.69, 9.17) is 5.26 Å². The molecule has 1 aliphatic rings. The molecule has 0 amide bonds. The van der Waals surface area contributed by atoms with Gasteiger partial charge < -0.3 is 5.32 Å². The number of nitriles is 1. The Morgan fingerprint density at radius 2 is 2.22 bits per heavy atom. The molecule has 2 nitrogen and oxygen atoms in total. The van der Waals surface area contributed by atoms with Crippen LogP contribution in [0.1, 0.15) is 24.8 Å². The first-order valence-corrected chi connectivity index (χ1v) is 5.81. The Bertz CT molecular complexity index is 480. The van der Waals surface area contributed by atoms with Gasteiger partial charge in [-0.05, 0) is 30.5 Å². The predicted molar refractivity (Wildman–Crippen MR) is 61.9 cm³/mol. The van der Waals surface area contributed by atoms with Gasteiger partial charge in [0, 0.05) is 25.1 Å². The lowest BCUT2D eigenvalue weighted by molar-refractivity contribution is 0.00556. The van der Waals surface area contributed by atoms with Crippen LogP contribution in [-0.2, 0) is 0 Å². The fraction of sp³-hybridized carbons (Fsp3) is 0.462. The van der Waals surface area contributed by atoms with Crippen LogP contribution in [0.15, 0.2) is 18.2 Å². The summed E-state index contributed by atoms with van der Waals surface area (Å²) in [5, 5.41) is 11.6. The van der Waals surface area contributed by atoms with Gasteiger partial charge in [0.05, 0.1) is 5.56 Å². The van der Waals surface area contributed by atoms with Crippen LogP contribution in [0.25, 0.3) is 0 Å². The van der Waals surface area contributed by atoms with Crippen molar-refractivity contribution in [2.45, 2.75) is 25.2 Å². The second-order valence-electron chi connectivity index (χ2n) is 4.65. The van der Waals surface area contributed by atoms with Gasteiger partial charge in [0.1, 0.15) is 11.9 Å². The molecule has 1 aromatic carbocycles. The number of benzene rings is 1. The number of nitrogens with zero attached hydrogens (tertiary/aromatic N) is 1. The molecule has 2 rings (SSSR count). The highest BCUT2D eigenvalue weighted by molar-refractivity contribution is 5.49. The topological polar surface area (TPSA) is 35.8 Å². The Balaban J connectivity index is 1.93. The number of halogens is 3. The zero-order chi connectivity index (χ0) is 13.2. The van der Waals surface area contributed by atoms with Crippen molar-refractivity contribution in [1.29, 1.82) is 5.26 Å². The van der Waals surface area contributed by atoms with Crippen molar-refractivity contribution in [1.82, 2.24) is 0 Å². The van der Waals surface area contributed by atoms with E-state index in [-0.39, 0.29) is 24.3 Å². The van der Waals surface area contributed by atoms with E-state index in [1.807, 2.05) is 0 Å². The third kappa shape index (κ3) is 2.95. The Morgan fingerprint density at radius 3 is 2.83 bits per heavy atom. The van der Waals surface area contributed by atoms with Crippen molar-refractivity contribution < 1.29 is 13.2 Å². The largest absolute Gasteiger partial charge is 0.385 e. The Labute approximate surface area is 103 Å². The molecule has 0 bridgehead atoms. The van der Waals surface area contributed by atoms with Gasteiger partial charge >= 0.3 is 0 Å². The molecule has 0 radical (unpaired) electrons. The van der Waals surface area contributed by atoms with Crippen LogP contribution in [0.5, 0.6) is 0 Å². The molecule has 0 spiro atoms. The van der Waals surface area contributed by atoms with E-state index in [0.29, 0.717) is 18.7 Å². The highest BCUT2D eigenvalue weighted by Crippen LogP contribution is 2.38. The summed E-state index contributed by atoms with van der Waals surface area (Å²) >= 11 is 0. The van der Waals surface area contributed by atoms with Crippen molar-refractivity contribution >= 4 is 5.69 Å². The lowest BCUT2D eigenvalue weighted by atomic mass is 10.1. The molecule has 0 aromatic heterocycles. The van der Waals surface area contributed by atoms with Gasteiger partial charge in [0.25, 0.3) is 0 Å². The Hall–Kier alpha value is -1.70. The van der Waals surface area contributed by atoms with Crippen molar-refractivity contribution in [3.8, 4) is 6.07 Å². The van der Waals surface area contributed by atoms with E-state index in [1.165, 1.54) is 18.2 Å². The van der Waals surface area contributed by atoms with E-state index in [9.17, 15) is 13.2 Å². The fourth-order valence-corrected chi connectivity index (χ4v) is 2.20. The molecule has 1 unspecified atom stereocenters. The fourth-order valence-electron chi connectivity index (χ4n) is 2.20. The molecule has 1 saturated carbocycles. The summed E-state index contributed by atoms with van der Waals surface area (Å²) in [5.74, 6) is -3.20. The normalized spacial score (nSPS) is 21.6. The maximum Gasteiger partial charge on any atom is 0.248 e. The molecule has 1 N–H and O–H groups in total. The number of alkyl halides is 2. The Morgan fingerprint density at radius 1 is 1.44 bits per heavy atom. The SMILES string of the molecule is N#Cc1cc(NCC2CCC(F)(F)C2)ccc1F. The minimum Gasteiger partial charge on any atom is -0.385 e. The first kappa shape index (κ1) is 12.7. The average molecular weight is 254 g/mol.